The molecule has 0 aromatic heterocycles. The number of amides is 2. The Bertz CT molecular complexity index is 908. The van der Waals surface area contributed by atoms with Gasteiger partial charge in [-0.3, -0.25) is 9.59 Å². The first kappa shape index (κ1) is 21.4. The molecule has 166 valence electrons. The number of hydrogen-bond donors (Lipinski definition) is 1. The van der Waals surface area contributed by atoms with Gasteiger partial charge in [0.25, 0.3) is 5.91 Å². The average Bonchev–Trinajstić information content (AvgIpc) is 3.30. The molecule has 1 aliphatic heterocycles. The maximum atomic E-state index is 12.7. The highest BCUT2D eigenvalue weighted by Crippen LogP contribution is 2.32. The number of likely N-dealkylation sites (N-methyl/N-ethyl adjacent to an activating group) is 1. The van der Waals surface area contributed by atoms with Gasteiger partial charge in [0.05, 0.1) is 6.04 Å². The molecule has 1 saturated carbocycles. The van der Waals surface area contributed by atoms with E-state index in [9.17, 15) is 9.59 Å². The van der Waals surface area contributed by atoms with Crippen LogP contribution in [-0.2, 0) is 4.79 Å². The Kier molecular flexibility index (Phi) is 6.59. The first-order valence-electron chi connectivity index (χ1n) is 11.5. The zero-order valence-corrected chi connectivity index (χ0v) is 18.6. The van der Waals surface area contributed by atoms with Crippen LogP contribution in [0.5, 0.6) is 0 Å². The number of rotatable bonds is 5. The van der Waals surface area contributed by atoms with E-state index in [4.69, 9.17) is 0 Å². The summed E-state index contributed by atoms with van der Waals surface area (Å²) in [4.78, 5) is 28.4. The van der Waals surface area contributed by atoms with Crippen LogP contribution in [0.3, 0.4) is 0 Å². The van der Waals surface area contributed by atoms with Gasteiger partial charge in [0, 0.05) is 45.4 Å². The van der Waals surface area contributed by atoms with Gasteiger partial charge in [-0.2, -0.15) is 0 Å². The lowest BCUT2D eigenvalue weighted by atomic mass is 9.84. The topological polar surface area (TPSA) is 52.7 Å². The number of carbonyl (C=O) groups is 2. The average molecular weight is 422 g/mol. The van der Waals surface area contributed by atoms with Crippen molar-refractivity contribution in [2.24, 2.45) is 0 Å². The molecule has 0 radical (unpaired) electrons. The van der Waals surface area contributed by atoms with E-state index in [0.717, 1.165) is 30.9 Å². The highest BCUT2D eigenvalue weighted by atomic mass is 16.2. The second kappa shape index (κ2) is 9.54. The highest BCUT2D eigenvalue weighted by Gasteiger charge is 2.27. The van der Waals surface area contributed by atoms with Gasteiger partial charge in [0.15, 0.2) is 0 Å². The molecule has 2 aliphatic rings. The molecule has 4 rings (SSSR count). The molecule has 0 spiro atoms. The maximum Gasteiger partial charge on any atom is 0.255 e. The fraction of sp³-hybridized carbons (Fsp3) is 0.462. The summed E-state index contributed by atoms with van der Waals surface area (Å²) < 4.78 is 0. The second-order valence-electron chi connectivity index (χ2n) is 8.98. The molecule has 2 amide bonds. The minimum absolute atomic E-state index is 0. The lowest BCUT2D eigenvalue weighted by Gasteiger charge is -2.24. The predicted molar refractivity (Wildman–Crippen MR) is 128 cm³/mol. The Morgan fingerprint density at radius 3 is 2.29 bits per heavy atom. The SMILES string of the molecule is CC(=O)N(C)C1CCN(c2ccc(NC(=O)c3ccc(C4CCCCC4)cc3)cc2)C1.[HH]. The Balaban J connectivity index is 0.00000289. The van der Waals surface area contributed by atoms with Gasteiger partial charge in [-0.05, 0) is 67.1 Å². The number of anilines is 2. The molecule has 1 heterocycles. The fourth-order valence-corrected chi connectivity index (χ4v) is 4.85. The summed E-state index contributed by atoms with van der Waals surface area (Å²) >= 11 is 0. The number of carbonyl (C=O) groups excluding carboxylic acids is 2. The number of hydrogen-bond acceptors (Lipinski definition) is 3. The third-order valence-electron chi connectivity index (χ3n) is 6.95. The van der Waals surface area contributed by atoms with Crippen LogP contribution in [0.2, 0.25) is 0 Å². The molecule has 1 unspecified atom stereocenters. The first-order valence-corrected chi connectivity index (χ1v) is 11.5. The minimum Gasteiger partial charge on any atom is -0.369 e. The molecule has 1 aliphatic carbocycles. The van der Waals surface area contributed by atoms with Crippen molar-refractivity contribution in [2.75, 3.05) is 30.4 Å². The van der Waals surface area contributed by atoms with Gasteiger partial charge in [0.2, 0.25) is 5.91 Å². The molecule has 0 bridgehead atoms. The molecule has 2 fully saturated rings. The van der Waals surface area contributed by atoms with Crippen molar-refractivity contribution in [1.82, 2.24) is 4.90 Å². The molecule has 5 nitrogen and oxygen atoms in total. The number of nitrogens with one attached hydrogen (secondary N) is 1. The summed E-state index contributed by atoms with van der Waals surface area (Å²) in [6.07, 6.45) is 7.49. The molecule has 5 heteroatoms. The van der Waals surface area contributed by atoms with Crippen LogP contribution in [0.1, 0.15) is 68.7 Å². The quantitative estimate of drug-likeness (QED) is 0.714. The van der Waals surface area contributed by atoms with Crippen LogP contribution in [0.4, 0.5) is 11.4 Å². The molecule has 2 aromatic carbocycles. The van der Waals surface area contributed by atoms with Crippen LogP contribution in [0.15, 0.2) is 48.5 Å². The van der Waals surface area contributed by atoms with Gasteiger partial charge < -0.3 is 15.1 Å². The molecule has 1 saturated heterocycles. The van der Waals surface area contributed by atoms with Gasteiger partial charge in [-0.15, -0.1) is 0 Å². The Hall–Kier alpha value is -2.82. The van der Waals surface area contributed by atoms with Gasteiger partial charge in [0.1, 0.15) is 0 Å². The van der Waals surface area contributed by atoms with E-state index in [0.29, 0.717) is 11.5 Å². The van der Waals surface area contributed by atoms with E-state index < -0.39 is 0 Å². The number of nitrogens with zero attached hydrogens (tertiary/aromatic N) is 2. The van der Waals surface area contributed by atoms with E-state index in [1.807, 2.05) is 48.3 Å². The Morgan fingerprint density at radius 2 is 1.65 bits per heavy atom. The summed E-state index contributed by atoms with van der Waals surface area (Å²) in [7, 11) is 1.87. The van der Waals surface area contributed by atoms with E-state index >= 15 is 0 Å². The summed E-state index contributed by atoms with van der Waals surface area (Å²) in [6.45, 7) is 3.39. The van der Waals surface area contributed by atoms with Crippen molar-refractivity contribution < 1.29 is 11.0 Å². The van der Waals surface area contributed by atoms with Gasteiger partial charge in [-0.1, -0.05) is 31.4 Å². The zero-order chi connectivity index (χ0) is 21.8. The van der Waals surface area contributed by atoms with Crippen LogP contribution in [0, 0.1) is 0 Å². The lowest BCUT2D eigenvalue weighted by Crippen LogP contribution is -2.37. The maximum absolute atomic E-state index is 12.7. The van der Waals surface area contributed by atoms with Crippen LogP contribution >= 0.6 is 0 Å². The van der Waals surface area contributed by atoms with Crippen LogP contribution < -0.4 is 10.2 Å². The second-order valence-corrected chi connectivity index (χ2v) is 8.98. The standard InChI is InChI=1S/C26H33N3O2.H2/c1-19(30)28(2)25-16-17-29(18-25)24-14-12-23(13-15-24)27-26(31)22-10-8-21(9-11-22)20-6-4-3-5-7-20;/h8-15,20,25H,3-7,16-18H2,1-2H3,(H,27,31);1H. The van der Waals surface area contributed by atoms with Crippen molar-refractivity contribution in [3.63, 3.8) is 0 Å². The Labute approximate surface area is 186 Å². The van der Waals surface area contributed by atoms with E-state index in [-0.39, 0.29) is 19.3 Å². The fourth-order valence-electron chi connectivity index (χ4n) is 4.85. The van der Waals surface area contributed by atoms with Crippen molar-refractivity contribution >= 4 is 23.2 Å². The minimum atomic E-state index is -0.0766. The molecule has 1 N–H and O–H groups in total. The summed E-state index contributed by atoms with van der Waals surface area (Å²) in [5.74, 6) is 0.683. The Morgan fingerprint density at radius 1 is 0.968 bits per heavy atom. The first-order chi connectivity index (χ1) is 15.0. The zero-order valence-electron chi connectivity index (χ0n) is 18.6. The van der Waals surface area contributed by atoms with Crippen molar-refractivity contribution in [1.29, 1.82) is 0 Å². The summed E-state index contributed by atoms with van der Waals surface area (Å²) in [5.41, 5.74) is 3.97. The van der Waals surface area contributed by atoms with E-state index in [1.54, 1.807) is 6.92 Å². The summed E-state index contributed by atoms with van der Waals surface area (Å²) in [6, 6.07) is 16.4. The summed E-state index contributed by atoms with van der Waals surface area (Å²) in [5, 5.41) is 3.01. The third-order valence-corrected chi connectivity index (χ3v) is 6.95. The molecule has 2 aromatic rings. The number of benzene rings is 2. The lowest BCUT2D eigenvalue weighted by molar-refractivity contribution is -0.129. The van der Waals surface area contributed by atoms with Crippen LogP contribution in [0.25, 0.3) is 0 Å². The molecule has 31 heavy (non-hydrogen) atoms. The molecular formula is C26H35N3O2. The van der Waals surface area contributed by atoms with Gasteiger partial charge >= 0.3 is 0 Å². The van der Waals surface area contributed by atoms with Crippen molar-refractivity contribution in [2.45, 2.75) is 57.4 Å². The van der Waals surface area contributed by atoms with Gasteiger partial charge in [-0.25, -0.2) is 0 Å². The highest BCUT2D eigenvalue weighted by molar-refractivity contribution is 6.04. The van der Waals surface area contributed by atoms with E-state index in [2.05, 4.69) is 22.3 Å². The van der Waals surface area contributed by atoms with E-state index in [1.165, 1.54) is 37.7 Å². The van der Waals surface area contributed by atoms with Crippen molar-refractivity contribution in [3.8, 4) is 0 Å². The monoisotopic (exact) mass is 421 g/mol. The van der Waals surface area contributed by atoms with Crippen LogP contribution in [-0.4, -0.2) is 42.9 Å². The largest absolute Gasteiger partial charge is 0.369 e. The third kappa shape index (κ3) is 5.09. The predicted octanol–water partition coefficient (Wildman–Crippen LogP) is 5.29. The smallest absolute Gasteiger partial charge is 0.255 e. The van der Waals surface area contributed by atoms with Crippen molar-refractivity contribution in [3.05, 3.63) is 59.7 Å². The normalized spacial score (nSPS) is 19.3. The molecular weight excluding hydrogens is 386 g/mol. The molecule has 1 atom stereocenters.